The van der Waals surface area contributed by atoms with Crippen molar-refractivity contribution >= 4 is 34.9 Å². The summed E-state index contributed by atoms with van der Waals surface area (Å²) in [6.45, 7) is 3.56. The molecule has 6 rings (SSSR count). The van der Waals surface area contributed by atoms with Crippen molar-refractivity contribution in [3.8, 4) is 11.6 Å². The molecule has 9 heteroatoms. The summed E-state index contributed by atoms with van der Waals surface area (Å²) in [4.78, 5) is 45.4. The summed E-state index contributed by atoms with van der Waals surface area (Å²) in [5, 5.41) is 4.45. The topological polar surface area (TPSA) is 104 Å². The van der Waals surface area contributed by atoms with E-state index in [0.717, 1.165) is 19.4 Å². The van der Waals surface area contributed by atoms with Crippen molar-refractivity contribution < 1.29 is 19.1 Å². The highest BCUT2D eigenvalue weighted by Crippen LogP contribution is 2.38. The first-order chi connectivity index (χ1) is 17.9. The number of nitrogens with one attached hydrogen (secondary N) is 2. The van der Waals surface area contributed by atoms with Crippen molar-refractivity contribution in [2.45, 2.75) is 38.1 Å². The van der Waals surface area contributed by atoms with Crippen molar-refractivity contribution in [1.82, 2.24) is 15.6 Å². The summed E-state index contributed by atoms with van der Waals surface area (Å²) in [6.07, 6.45) is 4.59. The number of aromatic nitrogens is 1. The monoisotopic (exact) mass is 497 g/mol. The quantitative estimate of drug-likeness (QED) is 0.526. The summed E-state index contributed by atoms with van der Waals surface area (Å²) in [7, 11) is 0. The number of pyridine rings is 1. The molecule has 3 aliphatic rings. The maximum absolute atomic E-state index is 12.7. The van der Waals surface area contributed by atoms with Crippen LogP contribution in [0, 0.1) is 6.92 Å². The summed E-state index contributed by atoms with van der Waals surface area (Å²) in [6, 6.07) is 17.4. The van der Waals surface area contributed by atoms with Crippen molar-refractivity contribution in [1.29, 1.82) is 0 Å². The van der Waals surface area contributed by atoms with Gasteiger partial charge < -0.3 is 14.5 Å². The summed E-state index contributed by atoms with van der Waals surface area (Å²) in [5.41, 5.74) is 4.00. The SMILES string of the molecule is Cc1ccc(N2CCCc3cc(Oc4ccc(N5CCCC56C(=O)NC(=O)NC6=O)cn4)ccc32)cc1. The van der Waals surface area contributed by atoms with E-state index in [4.69, 9.17) is 4.74 Å². The maximum Gasteiger partial charge on any atom is 0.328 e. The zero-order chi connectivity index (χ0) is 25.6. The van der Waals surface area contributed by atoms with Crippen LogP contribution < -0.4 is 25.2 Å². The predicted octanol–water partition coefficient (Wildman–Crippen LogP) is 3.97. The molecule has 188 valence electrons. The Morgan fingerprint density at radius 3 is 2.38 bits per heavy atom. The Hall–Kier alpha value is -4.40. The third-order valence-electron chi connectivity index (χ3n) is 7.36. The van der Waals surface area contributed by atoms with Crippen LogP contribution in [-0.2, 0) is 16.0 Å². The fraction of sp³-hybridized carbons (Fsp3) is 0.286. The van der Waals surface area contributed by atoms with Gasteiger partial charge in [0.1, 0.15) is 5.75 Å². The van der Waals surface area contributed by atoms with Crippen molar-refractivity contribution in [3.63, 3.8) is 0 Å². The van der Waals surface area contributed by atoms with Gasteiger partial charge in [-0.1, -0.05) is 17.7 Å². The number of nitrogens with zero attached hydrogens (tertiary/aromatic N) is 3. The zero-order valence-electron chi connectivity index (χ0n) is 20.5. The van der Waals surface area contributed by atoms with Crippen LogP contribution in [0.15, 0.2) is 60.8 Å². The average Bonchev–Trinajstić information content (AvgIpc) is 3.34. The van der Waals surface area contributed by atoms with Gasteiger partial charge in [0.2, 0.25) is 5.88 Å². The Morgan fingerprint density at radius 1 is 0.892 bits per heavy atom. The van der Waals surface area contributed by atoms with E-state index in [0.29, 0.717) is 36.7 Å². The van der Waals surface area contributed by atoms with Gasteiger partial charge in [-0.05, 0) is 74.6 Å². The number of imide groups is 2. The van der Waals surface area contributed by atoms with E-state index in [9.17, 15) is 14.4 Å². The van der Waals surface area contributed by atoms with Gasteiger partial charge in [0, 0.05) is 30.5 Å². The van der Waals surface area contributed by atoms with E-state index in [1.54, 1.807) is 23.2 Å². The highest BCUT2D eigenvalue weighted by molar-refractivity contribution is 6.24. The normalized spacial score (nSPS) is 18.5. The van der Waals surface area contributed by atoms with Crippen LogP contribution in [0.1, 0.15) is 30.4 Å². The molecule has 2 N–H and O–H groups in total. The number of hydrogen-bond acceptors (Lipinski definition) is 7. The van der Waals surface area contributed by atoms with E-state index in [1.165, 1.54) is 22.5 Å². The van der Waals surface area contributed by atoms with Crippen LogP contribution in [0.4, 0.5) is 21.9 Å². The standard InChI is InChI=1S/C28H27N5O4/c1-18-5-7-20(8-6-18)32-14-2-4-19-16-22(10-11-23(19)32)37-24-12-9-21(17-29-24)33-15-3-13-28(33)25(34)30-27(36)31-26(28)35/h5-12,16-17H,2-4,13-15H2,1H3,(H2,30,31,34,35,36). The van der Waals surface area contributed by atoms with Crippen LogP contribution >= 0.6 is 0 Å². The molecule has 2 aromatic carbocycles. The molecule has 0 atom stereocenters. The molecule has 3 aromatic rings. The molecule has 0 aliphatic carbocycles. The molecule has 0 radical (unpaired) electrons. The van der Waals surface area contributed by atoms with Crippen LogP contribution in [-0.4, -0.2) is 41.5 Å². The third kappa shape index (κ3) is 3.96. The van der Waals surface area contributed by atoms with Gasteiger partial charge in [-0.2, -0.15) is 0 Å². The molecule has 4 heterocycles. The van der Waals surface area contributed by atoms with Crippen molar-refractivity contribution in [2.24, 2.45) is 0 Å². The molecular weight excluding hydrogens is 470 g/mol. The number of fused-ring (bicyclic) bond motifs is 1. The minimum atomic E-state index is -1.44. The van der Waals surface area contributed by atoms with Crippen LogP contribution in [0.2, 0.25) is 0 Å². The number of urea groups is 1. The molecule has 2 saturated heterocycles. The molecule has 0 saturated carbocycles. The summed E-state index contributed by atoms with van der Waals surface area (Å²) >= 11 is 0. The second kappa shape index (κ2) is 8.92. The molecule has 0 unspecified atom stereocenters. The second-order valence-electron chi connectivity index (χ2n) is 9.69. The molecule has 9 nitrogen and oxygen atoms in total. The fourth-order valence-corrected chi connectivity index (χ4v) is 5.53. The van der Waals surface area contributed by atoms with Crippen LogP contribution in [0.3, 0.4) is 0 Å². The molecule has 2 fully saturated rings. The Bertz CT molecular complexity index is 1370. The van der Waals surface area contributed by atoms with E-state index in [2.05, 4.69) is 63.8 Å². The van der Waals surface area contributed by atoms with Gasteiger partial charge >= 0.3 is 6.03 Å². The molecule has 0 bridgehead atoms. The average molecular weight is 498 g/mol. The molecular formula is C28H27N5O4. The number of carbonyl (C=O) groups excluding carboxylic acids is 3. The smallest absolute Gasteiger partial charge is 0.328 e. The summed E-state index contributed by atoms with van der Waals surface area (Å²) < 4.78 is 6.06. The van der Waals surface area contributed by atoms with Crippen LogP contribution in [0.25, 0.3) is 0 Å². The number of amides is 4. The van der Waals surface area contributed by atoms with Crippen molar-refractivity contribution in [2.75, 3.05) is 22.9 Å². The number of ether oxygens (including phenoxy) is 1. The second-order valence-corrected chi connectivity index (χ2v) is 9.69. The first-order valence-corrected chi connectivity index (χ1v) is 12.5. The zero-order valence-corrected chi connectivity index (χ0v) is 20.5. The molecule has 1 spiro atoms. The van der Waals surface area contributed by atoms with Gasteiger partial charge in [0.25, 0.3) is 11.8 Å². The third-order valence-corrected chi connectivity index (χ3v) is 7.36. The molecule has 37 heavy (non-hydrogen) atoms. The predicted molar refractivity (Wildman–Crippen MR) is 138 cm³/mol. The van der Waals surface area contributed by atoms with Crippen LogP contribution in [0.5, 0.6) is 11.6 Å². The van der Waals surface area contributed by atoms with E-state index in [1.807, 2.05) is 6.07 Å². The molecule has 4 amide bonds. The molecule has 1 aromatic heterocycles. The number of rotatable bonds is 4. The number of benzene rings is 2. The lowest BCUT2D eigenvalue weighted by atomic mass is 9.92. The van der Waals surface area contributed by atoms with Crippen molar-refractivity contribution in [3.05, 3.63) is 71.9 Å². The number of aryl methyl sites for hydroxylation is 2. The van der Waals surface area contributed by atoms with Gasteiger partial charge in [-0.15, -0.1) is 0 Å². The number of hydrogen-bond donors (Lipinski definition) is 2. The number of barbiturate groups is 1. The minimum absolute atomic E-state index is 0.324. The Morgan fingerprint density at radius 2 is 1.65 bits per heavy atom. The Balaban J connectivity index is 1.20. The van der Waals surface area contributed by atoms with Gasteiger partial charge in [0.05, 0.1) is 11.9 Å². The van der Waals surface area contributed by atoms with E-state index in [-0.39, 0.29) is 0 Å². The number of carbonyl (C=O) groups is 3. The minimum Gasteiger partial charge on any atom is -0.439 e. The number of anilines is 3. The first kappa shape index (κ1) is 23.0. The maximum atomic E-state index is 12.7. The van der Waals surface area contributed by atoms with E-state index >= 15 is 0 Å². The first-order valence-electron chi connectivity index (χ1n) is 12.5. The fourth-order valence-electron chi connectivity index (χ4n) is 5.53. The lowest BCUT2D eigenvalue weighted by Gasteiger charge is -2.38. The summed E-state index contributed by atoms with van der Waals surface area (Å²) in [5.74, 6) is -0.0940. The lowest BCUT2D eigenvalue weighted by molar-refractivity contribution is -0.137. The highest BCUT2D eigenvalue weighted by atomic mass is 16.5. The van der Waals surface area contributed by atoms with E-state index < -0.39 is 23.4 Å². The molecule has 3 aliphatic heterocycles. The highest BCUT2D eigenvalue weighted by Gasteiger charge is 2.57. The largest absolute Gasteiger partial charge is 0.439 e. The Labute approximate surface area is 214 Å². The van der Waals surface area contributed by atoms with Gasteiger partial charge in [0.15, 0.2) is 5.54 Å². The lowest BCUT2D eigenvalue weighted by Crippen LogP contribution is -2.71. The van der Waals surface area contributed by atoms with Gasteiger partial charge in [-0.3, -0.25) is 20.2 Å². The Kier molecular flexibility index (Phi) is 5.55. The van der Waals surface area contributed by atoms with Gasteiger partial charge in [-0.25, -0.2) is 9.78 Å².